The summed E-state index contributed by atoms with van der Waals surface area (Å²) in [5.41, 5.74) is 4.42. The molecule has 0 aliphatic rings. The van der Waals surface area contributed by atoms with Crippen LogP contribution in [0.2, 0.25) is 0 Å². The number of aryl methyl sites for hydroxylation is 1. The summed E-state index contributed by atoms with van der Waals surface area (Å²) in [6.07, 6.45) is 0. The largest absolute Gasteiger partial charge is 0.285 e. The molecule has 0 fully saturated rings. The second-order valence-electron chi connectivity index (χ2n) is 5.72. The van der Waals surface area contributed by atoms with Crippen LogP contribution in [0.15, 0.2) is 59.4 Å². The Labute approximate surface area is 140 Å². The first-order valence-electron chi connectivity index (χ1n) is 7.73. The van der Waals surface area contributed by atoms with Crippen LogP contribution in [0.3, 0.4) is 0 Å². The third kappa shape index (κ3) is 2.97. The molecule has 0 bridgehead atoms. The molecule has 1 heterocycles. The fourth-order valence-electron chi connectivity index (χ4n) is 2.62. The predicted octanol–water partition coefficient (Wildman–Crippen LogP) is 3.45. The zero-order chi connectivity index (χ0) is 17.1. The Morgan fingerprint density at radius 3 is 2.25 bits per heavy atom. The minimum atomic E-state index is -0.340. The standard InChI is InChI=1S/C20H17N3O/c1-14-15(2)22-23(20(24)19(14)12-21)13-16-8-10-18(11-9-16)17-6-4-3-5-7-17/h3-11H,13H2,1-2H3. The SMILES string of the molecule is Cc1nn(Cc2ccc(-c3ccccc3)cc2)c(=O)c(C#N)c1C. The highest BCUT2D eigenvalue weighted by atomic mass is 16.1. The molecule has 0 amide bonds. The van der Waals surface area contributed by atoms with Crippen LogP contribution in [0, 0.1) is 25.2 Å². The first kappa shape index (κ1) is 15.7. The fraction of sp³-hybridized carbons (Fsp3) is 0.150. The van der Waals surface area contributed by atoms with Crippen LogP contribution in [0.1, 0.15) is 22.4 Å². The molecule has 4 heteroatoms. The van der Waals surface area contributed by atoms with Gasteiger partial charge in [0.1, 0.15) is 11.6 Å². The van der Waals surface area contributed by atoms with Gasteiger partial charge in [-0.05, 0) is 36.1 Å². The van der Waals surface area contributed by atoms with Gasteiger partial charge in [-0.15, -0.1) is 0 Å². The molecule has 0 saturated carbocycles. The third-order valence-corrected chi connectivity index (χ3v) is 4.14. The lowest BCUT2D eigenvalue weighted by molar-refractivity contribution is 0.622. The number of benzene rings is 2. The van der Waals surface area contributed by atoms with Gasteiger partial charge in [0.25, 0.3) is 5.56 Å². The van der Waals surface area contributed by atoms with Crippen LogP contribution < -0.4 is 5.56 Å². The van der Waals surface area contributed by atoms with Gasteiger partial charge >= 0.3 is 0 Å². The molecule has 118 valence electrons. The lowest BCUT2D eigenvalue weighted by Gasteiger charge is -2.10. The number of nitriles is 1. The van der Waals surface area contributed by atoms with Gasteiger partial charge in [-0.1, -0.05) is 54.6 Å². The molecular weight excluding hydrogens is 298 g/mol. The molecule has 2 aromatic carbocycles. The summed E-state index contributed by atoms with van der Waals surface area (Å²) in [5.74, 6) is 0. The number of aromatic nitrogens is 2. The van der Waals surface area contributed by atoms with Gasteiger partial charge in [-0.25, -0.2) is 4.68 Å². The topological polar surface area (TPSA) is 58.7 Å². The first-order chi connectivity index (χ1) is 11.6. The van der Waals surface area contributed by atoms with Crippen molar-refractivity contribution in [2.24, 2.45) is 0 Å². The third-order valence-electron chi connectivity index (χ3n) is 4.14. The van der Waals surface area contributed by atoms with Crippen molar-refractivity contribution in [3.8, 4) is 17.2 Å². The maximum absolute atomic E-state index is 12.3. The fourth-order valence-corrected chi connectivity index (χ4v) is 2.62. The molecule has 3 aromatic rings. The van der Waals surface area contributed by atoms with E-state index in [0.717, 1.165) is 16.7 Å². The number of hydrogen-bond acceptors (Lipinski definition) is 3. The van der Waals surface area contributed by atoms with Gasteiger partial charge in [0.15, 0.2) is 0 Å². The zero-order valence-electron chi connectivity index (χ0n) is 13.7. The Morgan fingerprint density at radius 1 is 1.00 bits per heavy atom. The summed E-state index contributed by atoms with van der Waals surface area (Å²) in [6, 6.07) is 20.1. The second kappa shape index (κ2) is 6.51. The summed E-state index contributed by atoms with van der Waals surface area (Å²) < 4.78 is 1.36. The Morgan fingerprint density at radius 2 is 1.62 bits per heavy atom. The van der Waals surface area contributed by atoms with Crippen molar-refractivity contribution >= 4 is 0 Å². The van der Waals surface area contributed by atoms with Gasteiger partial charge in [-0.3, -0.25) is 4.79 Å². The zero-order valence-corrected chi connectivity index (χ0v) is 13.7. The summed E-state index contributed by atoms with van der Waals surface area (Å²) in [4.78, 5) is 12.3. The average Bonchev–Trinajstić information content (AvgIpc) is 2.61. The van der Waals surface area contributed by atoms with Crippen LogP contribution in [0.4, 0.5) is 0 Å². The van der Waals surface area contributed by atoms with Gasteiger partial charge in [0.05, 0.1) is 12.2 Å². The molecule has 0 radical (unpaired) electrons. The van der Waals surface area contributed by atoms with E-state index in [-0.39, 0.29) is 11.1 Å². The summed E-state index contributed by atoms with van der Waals surface area (Å²) >= 11 is 0. The molecule has 3 rings (SSSR count). The summed E-state index contributed by atoms with van der Waals surface area (Å²) in [6.45, 7) is 3.91. The van der Waals surface area contributed by atoms with Crippen molar-refractivity contribution < 1.29 is 0 Å². The van der Waals surface area contributed by atoms with E-state index in [0.29, 0.717) is 17.8 Å². The molecule has 0 aliphatic heterocycles. The Hall–Kier alpha value is -3.19. The lowest BCUT2D eigenvalue weighted by atomic mass is 10.0. The van der Waals surface area contributed by atoms with Crippen molar-refractivity contribution in [1.29, 1.82) is 5.26 Å². The molecular formula is C20H17N3O. The van der Waals surface area contributed by atoms with E-state index in [2.05, 4.69) is 17.2 Å². The van der Waals surface area contributed by atoms with Crippen molar-refractivity contribution in [3.05, 3.63) is 87.3 Å². The molecule has 0 aliphatic carbocycles. The monoisotopic (exact) mass is 315 g/mol. The van der Waals surface area contributed by atoms with Crippen LogP contribution in [0.5, 0.6) is 0 Å². The van der Waals surface area contributed by atoms with Crippen molar-refractivity contribution in [2.45, 2.75) is 20.4 Å². The van der Waals surface area contributed by atoms with Gasteiger partial charge in [-0.2, -0.15) is 10.4 Å². The molecule has 24 heavy (non-hydrogen) atoms. The Bertz CT molecular complexity index is 965. The summed E-state index contributed by atoms with van der Waals surface area (Å²) in [5, 5.41) is 13.5. The van der Waals surface area contributed by atoms with Crippen molar-refractivity contribution in [2.75, 3.05) is 0 Å². The number of nitrogens with zero attached hydrogens (tertiary/aromatic N) is 3. The molecule has 0 unspecified atom stereocenters. The van der Waals surface area contributed by atoms with Gasteiger partial charge in [0, 0.05) is 0 Å². The van der Waals surface area contributed by atoms with Crippen LogP contribution >= 0.6 is 0 Å². The molecule has 0 N–H and O–H groups in total. The highest BCUT2D eigenvalue weighted by Crippen LogP contribution is 2.19. The lowest BCUT2D eigenvalue weighted by Crippen LogP contribution is -2.27. The van der Waals surface area contributed by atoms with Crippen molar-refractivity contribution in [1.82, 2.24) is 9.78 Å². The van der Waals surface area contributed by atoms with Crippen LogP contribution in [0.25, 0.3) is 11.1 Å². The number of hydrogen-bond donors (Lipinski definition) is 0. The highest BCUT2D eigenvalue weighted by Gasteiger charge is 2.11. The quantitative estimate of drug-likeness (QED) is 0.744. The molecule has 0 spiro atoms. The highest BCUT2D eigenvalue weighted by molar-refractivity contribution is 5.63. The molecule has 0 saturated heterocycles. The molecule has 0 atom stereocenters. The van der Waals surface area contributed by atoms with E-state index < -0.39 is 0 Å². The minimum absolute atomic E-state index is 0.170. The average molecular weight is 315 g/mol. The van der Waals surface area contributed by atoms with E-state index in [1.54, 1.807) is 6.92 Å². The predicted molar refractivity (Wildman–Crippen MR) is 93.7 cm³/mol. The van der Waals surface area contributed by atoms with Crippen LogP contribution in [-0.4, -0.2) is 9.78 Å². The molecule has 1 aromatic heterocycles. The summed E-state index contributed by atoms with van der Waals surface area (Å²) in [7, 11) is 0. The minimum Gasteiger partial charge on any atom is -0.266 e. The van der Waals surface area contributed by atoms with Crippen LogP contribution in [-0.2, 0) is 6.54 Å². The second-order valence-corrected chi connectivity index (χ2v) is 5.72. The van der Waals surface area contributed by atoms with Gasteiger partial charge < -0.3 is 0 Å². The van der Waals surface area contributed by atoms with E-state index in [4.69, 9.17) is 0 Å². The van der Waals surface area contributed by atoms with Gasteiger partial charge in [0.2, 0.25) is 0 Å². The first-order valence-corrected chi connectivity index (χ1v) is 7.73. The maximum Gasteiger partial charge on any atom is 0.285 e. The smallest absolute Gasteiger partial charge is 0.266 e. The van der Waals surface area contributed by atoms with E-state index >= 15 is 0 Å². The number of rotatable bonds is 3. The Balaban J connectivity index is 1.92. The Kier molecular flexibility index (Phi) is 4.26. The normalized spacial score (nSPS) is 10.4. The maximum atomic E-state index is 12.3. The van der Waals surface area contributed by atoms with E-state index in [1.807, 2.05) is 55.5 Å². The van der Waals surface area contributed by atoms with Crippen molar-refractivity contribution in [3.63, 3.8) is 0 Å². The molecule has 4 nitrogen and oxygen atoms in total. The van der Waals surface area contributed by atoms with E-state index in [9.17, 15) is 10.1 Å². The van der Waals surface area contributed by atoms with E-state index in [1.165, 1.54) is 4.68 Å².